The Morgan fingerprint density at radius 2 is 1.77 bits per heavy atom. The second-order valence-electron chi connectivity index (χ2n) is 8.88. The Labute approximate surface area is 155 Å². The van der Waals surface area contributed by atoms with Crippen LogP contribution in [0.25, 0.3) is 0 Å². The minimum absolute atomic E-state index is 0.0239. The monoisotopic (exact) mass is 357 g/mol. The Kier molecular flexibility index (Phi) is 3.92. The molecular formula is C21H29N2O3+. The van der Waals surface area contributed by atoms with Gasteiger partial charge in [0.25, 0.3) is 5.91 Å². The van der Waals surface area contributed by atoms with Crippen molar-refractivity contribution in [3.8, 4) is 0 Å². The smallest absolute Gasteiger partial charge is 0.313 e. The fraction of sp³-hybridized carbons (Fsp3) is 0.619. The molecule has 0 radical (unpaired) electrons. The molecule has 1 aromatic carbocycles. The van der Waals surface area contributed by atoms with E-state index in [1.54, 1.807) is 0 Å². The molecule has 1 saturated carbocycles. The number of amides is 1. The number of fused-ring (bicyclic) bond motifs is 2. The summed E-state index contributed by atoms with van der Waals surface area (Å²) in [6.07, 6.45) is 1.39. The van der Waals surface area contributed by atoms with Crippen LogP contribution in [0, 0.1) is 10.8 Å². The first-order valence-electron chi connectivity index (χ1n) is 9.70. The second kappa shape index (κ2) is 5.81. The lowest BCUT2D eigenvalue weighted by Gasteiger charge is -2.41. The molecule has 1 N–H and O–H groups in total. The van der Waals surface area contributed by atoms with Gasteiger partial charge in [-0.15, -0.1) is 0 Å². The number of nitrogens with one attached hydrogen (secondary N) is 1. The molecule has 5 heteroatoms. The van der Waals surface area contributed by atoms with Gasteiger partial charge in [-0.25, -0.2) is 0 Å². The lowest BCUT2D eigenvalue weighted by atomic mass is 9.66. The number of piperazine rings is 1. The van der Waals surface area contributed by atoms with E-state index in [2.05, 4.69) is 24.3 Å². The number of carbonyl (C=O) groups is 2. The average Bonchev–Trinajstić information content (AvgIpc) is 2.93. The van der Waals surface area contributed by atoms with E-state index in [9.17, 15) is 9.59 Å². The van der Waals surface area contributed by atoms with E-state index in [1.165, 1.54) is 10.5 Å². The van der Waals surface area contributed by atoms with Gasteiger partial charge in [0.2, 0.25) is 0 Å². The molecule has 2 heterocycles. The van der Waals surface area contributed by atoms with Crippen LogP contribution in [0.5, 0.6) is 0 Å². The van der Waals surface area contributed by atoms with E-state index in [-0.39, 0.29) is 11.9 Å². The summed E-state index contributed by atoms with van der Waals surface area (Å²) in [6.45, 7) is 10.3. The van der Waals surface area contributed by atoms with E-state index in [4.69, 9.17) is 4.74 Å². The highest BCUT2D eigenvalue weighted by atomic mass is 16.6. The predicted octanol–water partition coefficient (Wildman–Crippen LogP) is 1.04. The van der Waals surface area contributed by atoms with Crippen molar-refractivity contribution in [1.29, 1.82) is 0 Å². The van der Waals surface area contributed by atoms with Crippen LogP contribution in [0.2, 0.25) is 0 Å². The first-order valence-corrected chi connectivity index (χ1v) is 9.70. The molecule has 5 nitrogen and oxygen atoms in total. The van der Waals surface area contributed by atoms with Crippen LogP contribution in [-0.4, -0.2) is 48.6 Å². The lowest BCUT2D eigenvalue weighted by molar-refractivity contribution is -0.917. The van der Waals surface area contributed by atoms with Gasteiger partial charge in [-0.05, 0) is 19.8 Å². The number of rotatable bonds is 3. The summed E-state index contributed by atoms with van der Waals surface area (Å²) in [5.74, 6) is -0.175. The van der Waals surface area contributed by atoms with E-state index in [1.807, 2.05) is 31.7 Å². The molecule has 2 bridgehead atoms. The summed E-state index contributed by atoms with van der Waals surface area (Å²) in [5.41, 5.74) is -0.626. The van der Waals surface area contributed by atoms with Gasteiger partial charge in [0.15, 0.2) is 5.60 Å². The number of ether oxygens (including phenoxy) is 1. The van der Waals surface area contributed by atoms with E-state index in [0.717, 1.165) is 39.1 Å². The van der Waals surface area contributed by atoms with Gasteiger partial charge in [-0.3, -0.25) is 9.59 Å². The molecule has 3 aliphatic rings. The zero-order valence-corrected chi connectivity index (χ0v) is 16.0. The topological polar surface area (TPSA) is 51.1 Å². The van der Waals surface area contributed by atoms with E-state index >= 15 is 0 Å². The fourth-order valence-corrected chi connectivity index (χ4v) is 5.06. The molecule has 1 aliphatic carbocycles. The van der Waals surface area contributed by atoms with Crippen molar-refractivity contribution in [2.75, 3.05) is 26.2 Å². The van der Waals surface area contributed by atoms with Crippen LogP contribution in [0.3, 0.4) is 0 Å². The highest BCUT2D eigenvalue weighted by Crippen LogP contribution is 2.65. The molecule has 140 valence electrons. The Bertz CT molecular complexity index is 724. The molecular weight excluding hydrogens is 328 g/mol. The normalized spacial score (nSPS) is 33.3. The maximum Gasteiger partial charge on any atom is 0.313 e. The number of carbonyl (C=O) groups excluding carboxylic acids is 2. The molecule has 2 aliphatic heterocycles. The standard InChI is InChI=1S/C21H28N2O3/c1-19(2)20(3)9-10-21(19,26-18(20)25)17(24)23-13-11-22(12-14-23)15-16-7-5-4-6-8-16/h4-8H,9-15H2,1-3H3/p+1/t20-,21+/m1/s1. The number of hydrogen-bond acceptors (Lipinski definition) is 3. The second-order valence-corrected chi connectivity index (χ2v) is 8.88. The third-order valence-electron chi connectivity index (χ3n) is 7.48. The fourth-order valence-electron chi connectivity index (χ4n) is 5.06. The van der Waals surface area contributed by atoms with Gasteiger partial charge in [-0.2, -0.15) is 0 Å². The zero-order valence-electron chi connectivity index (χ0n) is 16.0. The molecule has 1 amide bonds. The van der Waals surface area contributed by atoms with Gasteiger partial charge in [0.05, 0.1) is 31.6 Å². The molecule has 0 spiro atoms. The first kappa shape index (κ1) is 17.5. The minimum Gasteiger partial charge on any atom is -0.448 e. The molecule has 0 aromatic heterocycles. The number of benzene rings is 1. The summed E-state index contributed by atoms with van der Waals surface area (Å²) in [7, 11) is 0. The predicted molar refractivity (Wildman–Crippen MR) is 97.4 cm³/mol. The molecule has 26 heavy (non-hydrogen) atoms. The number of esters is 1. The third kappa shape index (κ3) is 2.26. The van der Waals surface area contributed by atoms with Gasteiger partial charge in [0, 0.05) is 11.0 Å². The molecule has 4 rings (SSSR count). The van der Waals surface area contributed by atoms with Crippen molar-refractivity contribution in [3.05, 3.63) is 35.9 Å². The lowest BCUT2D eigenvalue weighted by Crippen LogP contribution is -3.13. The summed E-state index contributed by atoms with van der Waals surface area (Å²) in [4.78, 5) is 29.2. The Hall–Kier alpha value is -1.88. The highest BCUT2D eigenvalue weighted by molar-refractivity contribution is 5.96. The van der Waals surface area contributed by atoms with Crippen molar-refractivity contribution in [3.63, 3.8) is 0 Å². The molecule has 1 aromatic rings. The van der Waals surface area contributed by atoms with Crippen LogP contribution in [0.4, 0.5) is 0 Å². The summed E-state index contributed by atoms with van der Waals surface area (Å²) >= 11 is 0. The largest absolute Gasteiger partial charge is 0.448 e. The molecule has 0 unspecified atom stereocenters. The van der Waals surface area contributed by atoms with Crippen molar-refractivity contribution in [2.45, 2.75) is 45.8 Å². The van der Waals surface area contributed by atoms with Gasteiger partial charge >= 0.3 is 5.97 Å². The Morgan fingerprint density at radius 3 is 2.31 bits per heavy atom. The number of quaternary nitrogens is 1. The zero-order chi connectivity index (χ0) is 18.6. The number of hydrogen-bond donors (Lipinski definition) is 1. The maximum atomic E-state index is 13.4. The van der Waals surface area contributed by atoms with E-state index in [0.29, 0.717) is 6.42 Å². The molecule has 2 atom stereocenters. The van der Waals surface area contributed by atoms with Crippen LogP contribution in [0.15, 0.2) is 30.3 Å². The maximum absolute atomic E-state index is 13.4. The minimum atomic E-state index is -0.963. The van der Waals surface area contributed by atoms with Crippen LogP contribution in [0.1, 0.15) is 39.2 Å². The first-order chi connectivity index (χ1) is 12.3. The summed E-state index contributed by atoms with van der Waals surface area (Å²) in [6, 6.07) is 10.5. The van der Waals surface area contributed by atoms with Crippen LogP contribution >= 0.6 is 0 Å². The van der Waals surface area contributed by atoms with Gasteiger partial charge in [-0.1, -0.05) is 44.2 Å². The Balaban J connectivity index is 1.44. The van der Waals surface area contributed by atoms with Crippen LogP contribution < -0.4 is 4.90 Å². The summed E-state index contributed by atoms with van der Waals surface area (Å²) in [5, 5.41) is 0. The molecule has 2 saturated heterocycles. The number of nitrogens with zero attached hydrogens (tertiary/aromatic N) is 1. The van der Waals surface area contributed by atoms with Crippen molar-refractivity contribution in [2.24, 2.45) is 10.8 Å². The SMILES string of the molecule is CC1(C)[C@@]2(C(=O)N3CC[NH+](Cc4ccccc4)CC3)CC[C@]1(C)C(=O)O2. The van der Waals surface area contributed by atoms with Crippen molar-refractivity contribution < 1.29 is 19.2 Å². The third-order valence-corrected chi connectivity index (χ3v) is 7.48. The van der Waals surface area contributed by atoms with Crippen molar-refractivity contribution in [1.82, 2.24) is 4.90 Å². The van der Waals surface area contributed by atoms with Gasteiger partial charge < -0.3 is 14.5 Å². The summed E-state index contributed by atoms with van der Waals surface area (Å²) < 4.78 is 5.77. The molecule has 3 fully saturated rings. The van der Waals surface area contributed by atoms with Gasteiger partial charge in [0.1, 0.15) is 6.54 Å². The highest BCUT2D eigenvalue weighted by Gasteiger charge is 2.76. The quantitative estimate of drug-likeness (QED) is 0.823. The van der Waals surface area contributed by atoms with Crippen LogP contribution in [-0.2, 0) is 20.9 Å². The van der Waals surface area contributed by atoms with E-state index < -0.39 is 16.4 Å². The Morgan fingerprint density at radius 1 is 1.12 bits per heavy atom. The average molecular weight is 357 g/mol. The van der Waals surface area contributed by atoms with Crippen molar-refractivity contribution >= 4 is 11.9 Å².